The molecule has 1 aromatic carbocycles. The molecule has 2 saturated heterocycles. The molecule has 0 bridgehead atoms. The minimum atomic E-state index is -0.988. The summed E-state index contributed by atoms with van der Waals surface area (Å²) in [5, 5.41) is 24.2. The fraction of sp³-hybridized carbons (Fsp3) is 0.730. The zero-order valence-corrected chi connectivity index (χ0v) is 30.0. The molecule has 0 amide bonds. The fourth-order valence-electron chi connectivity index (χ4n) is 9.46. The van der Waals surface area contributed by atoms with Crippen molar-refractivity contribution in [1.29, 1.82) is 0 Å². The second-order valence-corrected chi connectivity index (χ2v) is 13.4. The molecule has 10 heteroatoms. The molecule has 1 aromatic rings. The highest BCUT2D eigenvalue weighted by atomic mass is 32.1. The minimum Gasteiger partial charge on any atom is -0.465 e. The second-order valence-electron chi connectivity index (χ2n) is 13.4. The smallest absolute Gasteiger partial charge is 0.199 e. The van der Waals surface area contributed by atoms with Gasteiger partial charge in [0, 0.05) is 30.6 Å². The van der Waals surface area contributed by atoms with Crippen molar-refractivity contribution in [2.75, 3.05) is 19.8 Å². The van der Waals surface area contributed by atoms with E-state index < -0.39 is 17.0 Å². The van der Waals surface area contributed by atoms with E-state index in [-0.39, 0.29) is 93.9 Å². The average Bonchev–Trinajstić information content (AvgIpc) is 3.50. The Morgan fingerprint density at radius 2 is 1.53 bits per heavy atom. The number of hydrogen-bond donors (Lipinski definition) is 2. The van der Waals surface area contributed by atoms with Crippen LogP contribution < -0.4 is 4.74 Å². The highest BCUT2D eigenvalue weighted by molar-refractivity contribution is 7.59. The van der Waals surface area contributed by atoms with Crippen molar-refractivity contribution in [3.05, 3.63) is 41.0 Å². The van der Waals surface area contributed by atoms with Crippen molar-refractivity contribution in [2.24, 2.45) is 17.3 Å². The van der Waals surface area contributed by atoms with E-state index in [4.69, 9.17) is 18.9 Å². The third kappa shape index (κ3) is 7.89. The lowest BCUT2D eigenvalue weighted by molar-refractivity contribution is -0.208. The van der Waals surface area contributed by atoms with Crippen molar-refractivity contribution in [3.8, 4) is 17.6 Å². The zero-order valence-electron chi connectivity index (χ0n) is 26.0. The predicted molar refractivity (Wildman–Crippen MR) is 212 cm³/mol. The van der Waals surface area contributed by atoms with E-state index in [1.54, 1.807) is 0 Å². The minimum absolute atomic E-state index is 0. The van der Waals surface area contributed by atoms with Crippen molar-refractivity contribution >= 4 is 54.0 Å². The van der Waals surface area contributed by atoms with Gasteiger partial charge in [0.1, 0.15) is 11.4 Å². The van der Waals surface area contributed by atoms with Crippen LogP contribution in [0.1, 0.15) is 118 Å². The number of rotatable bonds is 3. The van der Waals surface area contributed by atoms with Gasteiger partial charge in [0.15, 0.2) is 12.1 Å². The van der Waals surface area contributed by atoms with E-state index in [0.717, 1.165) is 70.1 Å². The number of fused-ring (bicyclic) bond motifs is 4. The van der Waals surface area contributed by atoms with Crippen LogP contribution in [0.3, 0.4) is 0 Å². The Morgan fingerprint density at radius 1 is 0.851 bits per heavy atom. The molecule has 1 unspecified atom stereocenters. The highest BCUT2D eigenvalue weighted by Crippen LogP contribution is 2.67. The first-order chi connectivity index (χ1) is 19.3. The van der Waals surface area contributed by atoms with Crippen LogP contribution in [0.25, 0.3) is 0 Å². The van der Waals surface area contributed by atoms with Gasteiger partial charge >= 0.3 is 0 Å². The molecular weight excluding hydrogens is 669 g/mol. The zero-order chi connectivity index (χ0) is 27.6. The largest absolute Gasteiger partial charge is 0.465 e. The Balaban J connectivity index is 0.00000302. The highest BCUT2D eigenvalue weighted by Gasteiger charge is 2.64. The Morgan fingerprint density at radius 3 is 2.15 bits per heavy atom. The van der Waals surface area contributed by atoms with Crippen molar-refractivity contribution in [3.63, 3.8) is 0 Å². The fourth-order valence-corrected chi connectivity index (χ4v) is 9.46. The summed E-state index contributed by atoms with van der Waals surface area (Å²) in [7, 11) is 0. The first-order valence-electron chi connectivity index (χ1n) is 15.6. The molecule has 2 aliphatic heterocycles. The van der Waals surface area contributed by atoms with Gasteiger partial charge in [-0.3, -0.25) is 0 Å². The summed E-state index contributed by atoms with van der Waals surface area (Å²) < 4.78 is 24.1. The first-order valence-corrected chi connectivity index (χ1v) is 15.6. The maximum atomic E-state index is 12.2. The van der Waals surface area contributed by atoms with E-state index in [1.165, 1.54) is 16.7 Å². The van der Waals surface area contributed by atoms with E-state index >= 15 is 0 Å². The van der Waals surface area contributed by atoms with Crippen molar-refractivity contribution in [1.82, 2.24) is 0 Å². The van der Waals surface area contributed by atoms with Crippen LogP contribution in [-0.4, -0.2) is 53.3 Å². The summed E-state index contributed by atoms with van der Waals surface area (Å²) in [5.74, 6) is 7.28. The third-order valence-electron chi connectivity index (χ3n) is 11.4. The van der Waals surface area contributed by atoms with Crippen molar-refractivity contribution in [2.45, 2.75) is 136 Å². The first kappa shape index (κ1) is 46.5. The van der Waals surface area contributed by atoms with Gasteiger partial charge in [-0.15, -0.1) is 5.92 Å². The molecular formula is C37H64O6S4. The molecule has 0 aromatic heterocycles. The summed E-state index contributed by atoms with van der Waals surface area (Å²) in [6.45, 7) is 6.07. The van der Waals surface area contributed by atoms with Crippen LogP contribution in [0.15, 0.2) is 35.4 Å². The molecule has 2 heterocycles. The lowest BCUT2D eigenvalue weighted by atomic mass is 9.49. The van der Waals surface area contributed by atoms with Crippen LogP contribution in [0.4, 0.5) is 0 Å². The van der Waals surface area contributed by atoms with E-state index in [9.17, 15) is 10.2 Å². The van der Waals surface area contributed by atoms with Crippen LogP contribution in [0.2, 0.25) is 0 Å². The number of aliphatic hydroxyl groups is 2. The average molecular weight is 733 g/mol. The van der Waals surface area contributed by atoms with Crippen LogP contribution in [-0.2, 0) is 14.2 Å². The standard InChI is InChI=1S/C34H44O6.3CH4.4H2S/c1-3-14-33(36)16-12-27-25-11-15-32(35)22-34(38-19-20-39-34)17-13-28(32)30(25)26(21-31(27,33)2)23-7-9-24(10-8-23)40-29-6-4-5-18-37-29;;;;;;;/h7-10,25-27,29,35-36H,4-6,11-13,15-22H2,1-2H3;3*1H4;4*1H2/t25-,26+,27-,29?,31-,32+,33-;;;;;;;/m0......./s1. The summed E-state index contributed by atoms with van der Waals surface area (Å²) in [6.07, 6.45) is 9.21. The van der Waals surface area contributed by atoms with E-state index in [2.05, 4.69) is 43.0 Å². The number of benzene rings is 1. The molecule has 47 heavy (non-hydrogen) atoms. The number of hydrogen-bond acceptors (Lipinski definition) is 6. The molecule has 2 N–H and O–H groups in total. The normalized spacial score (nSPS) is 35.7. The molecule has 0 radical (unpaired) electrons. The van der Waals surface area contributed by atoms with E-state index in [0.29, 0.717) is 37.9 Å². The maximum absolute atomic E-state index is 12.2. The molecule has 1 spiro atoms. The Labute approximate surface area is 313 Å². The van der Waals surface area contributed by atoms with Gasteiger partial charge in [-0.1, -0.05) is 52.8 Å². The van der Waals surface area contributed by atoms with E-state index in [1.807, 2.05) is 6.92 Å². The van der Waals surface area contributed by atoms with Gasteiger partial charge in [0.25, 0.3) is 0 Å². The summed E-state index contributed by atoms with van der Waals surface area (Å²) in [5.41, 5.74) is 1.65. The lowest BCUT2D eigenvalue weighted by Crippen LogP contribution is -2.55. The molecule has 7 atom stereocenters. The lowest BCUT2D eigenvalue weighted by Gasteiger charge is -2.57. The SMILES string of the molecule is C.C.C.CC#C[C@]1(O)CC[C@H]2[C@@H]3CC[C@@]4(O)CC5(CCC4=C3[C@@H](c3ccc(OC4CCCCO4)cc3)C[C@@]21C)OCCO5.S.S.S.S. The molecule has 6 aliphatic rings. The predicted octanol–water partition coefficient (Wildman–Crippen LogP) is 7.97. The third-order valence-corrected chi connectivity index (χ3v) is 11.4. The van der Waals surface area contributed by atoms with Crippen molar-refractivity contribution < 1.29 is 29.2 Å². The monoisotopic (exact) mass is 732 g/mol. The van der Waals surface area contributed by atoms with Gasteiger partial charge in [-0.2, -0.15) is 54.0 Å². The van der Waals surface area contributed by atoms with Gasteiger partial charge in [-0.05, 0) is 93.4 Å². The molecule has 4 aliphatic carbocycles. The Bertz CT molecular complexity index is 1240. The van der Waals surface area contributed by atoms with Gasteiger partial charge in [0.05, 0.1) is 25.4 Å². The summed E-state index contributed by atoms with van der Waals surface area (Å²) in [4.78, 5) is 0. The van der Waals surface area contributed by atoms with Gasteiger partial charge in [-0.25, -0.2) is 0 Å². The maximum Gasteiger partial charge on any atom is 0.199 e. The van der Waals surface area contributed by atoms with Crippen LogP contribution in [0.5, 0.6) is 5.75 Å². The Kier molecular flexibility index (Phi) is 17.5. The quantitative estimate of drug-likeness (QED) is 0.243. The molecule has 3 saturated carbocycles. The molecule has 272 valence electrons. The number of allylic oxidation sites excluding steroid dienone is 1. The van der Waals surface area contributed by atoms with Gasteiger partial charge in [0.2, 0.25) is 0 Å². The number of ether oxygens (including phenoxy) is 4. The molecule has 7 rings (SSSR count). The summed E-state index contributed by atoms with van der Waals surface area (Å²) >= 11 is 0. The Hall–Kier alpha value is -0.480. The molecule has 5 fully saturated rings. The second kappa shape index (κ2) is 17.6. The summed E-state index contributed by atoms with van der Waals surface area (Å²) in [6, 6.07) is 8.52. The molecule has 6 nitrogen and oxygen atoms in total. The van der Waals surface area contributed by atoms with Crippen LogP contribution >= 0.6 is 54.0 Å². The van der Waals surface area contributed by atoms with Crippen LogP contribution in [0, 0.1) is 29.1 Å². The van der Waals surface area contributed by atoms with Gasteiger partial charge < -0.3 is 29.2 Å². The topological polar surface area (TPSA) is 77.4 Å².